The molecule has 0 amide bonds. The zero-order valence-electron chi connectivity index (χ0n) is 11.1. The number of nitrogens with zero attached hydrogens (tertiary/aromatic N) is 1. The first-order valence-electron chi connectivity index (χ1n) is 6.81. The van der Waals surface area contributed by atoms with E-state index in [0.717, 1.165) is 40.9 Å². The van der Waals surface area contributed by atoms with Crippen molar-refractivity contribution in [2.45, 2.75) is 25.6 Å². The van der Waals surface area contributed by atoms with Gasteiger partial charge >= 0.3 is 0 Å². The molecule has 1 saturated heterocycles. The third kappa shape index (κ3) is 3.38. The summed E-state index contributed by atoms with van der Waals surface area (Å²) in [6, 6.07) is 12.0. The van der Waals surface area contributed by atoms with Crippen molar-refractivity contribution in [2.24, 2.45) is 0 Å². The Morgan fingerprint density at radius 3 is 2.60 bits per heavy atom. The zero-order valence-corrected chi connectivity index (χ0v) is 12.7. The topological polar surface area (TPSA) is 31.4 Å². The third-order valence-corrected chi connectivity index (χ3v) is 3.75. The fraction of sp³-hybridized carbons (Fsp3) is 0.312. The summed E-state index contributed by atoms with van der Waals surface area (Å²) in [5.74, 6) is 0.845. The van der Waals surface area contributed by atoms with Crippen molar-refractivity contribution in [3.8, 4) is 17.0 Å². The Labute approximate surface area is 127 Å². The van der Waals surface area contributed by atoms with E-state index in [4.69, 9.17) is 9.47 Å². The lowest BCUT2D eigenvalue weighted by Crippen LogP contribution is -2.24. The number of rotatable bonds is 3. The molecule has 0 radical (unpaired) electrons. The number of benzene rings is 1. The van der Waals surface area contributed by atoms with E-state index in [-0.39, 0.29) is 6.29 Å². The Kier molecular flexibility index (Phi) is 4.33. The van der Waals surface area contributed by atoms with Crippen molar-refractivity contribution in [1.29, 1.82) is 0 Å². The van der Waals surface area contributed by atoms with E-state index in [0.29, 0.717) is 0 Å². The molecule has 20 heavy (non-hydrogen) atoms. The van der Waals surface area contributed by atoms with Crippen LogP contribution < -0.4 is 4.74 Å². The molecule has 2 heterocycles. The number of hydrogen-bond acceptors (Lipinski definition) is 3. The largest absolute Gasteiger partial charge is 0.465 e. The molecule has 1 aromatic heterocycles. The van der Waals surface area contributed by atoms with Gasteiger partial charge in [0.2, 0.25) is 0 Å². The van der Waals surface area contributed by atoms with Crippen LogP contribution in [0, 0.1) is 0 Å². The highest BCUT2D eigenvalue weighted by Gasteiger charge is 2.15. The zero-order chi connectivity index (χ0) is 13.8. The lowest BCUT2D eigenvalue weighted by Gasteiger charge is -2.23. The molecule has 0 aliphatic carbocycles. The van der Waals surface area contributed by atoms with Crippen LogP contribution in [0.4, 0.5) is 0 Å². The second kappa shape index (κ2) is 6.37. The van der Waals surface area contributed by atoms with Crippen LogP contribution in [0.3, 0.4) is 0 Å². The fourth-order valence-electron chi connectivity index (χ4n) is 2.21. The van der Waals surface area contributed by atoms with Crippen LogP contribution in [-0.4, -0.2) is 17.9 Å². The van der Waals surface area contributed by atoms with E-state index in [1.54, 1.807) is 6.20 Å². The summed E-state index contributed by atoms with van der Waals surface area (Å²) in [6.45, 7) is 0.797. The van der Waals surface area contributed by atoms with Gasteiger partial charge in [-0.15, -0.1) is 0 Å². The van der Waals surface area contributed by atoms with E-state index in [1.165, 1.54) is 6.42 Å². The Morgan fingerprint density at radius 2 is 1.95 bits per heavy atom. The minimum Gasteiger partial charge on any atom is -0.465 e. The number of pyridine rings is 1. The van der Waals surface area contributed by atoms with Gasteiger partial charge in [-0.3, -0.25) is 4.98 Å². The highest BCUT2D eigenvalue weighted by Crippen LogP contribution is 2.24. The summed E-state index contributed by atoms with van der Waals surface area (Å²) in [4.78, 5) is 4.38. The summed E-state index contributed by atoms with van der Waals surface area (Å²) in [5, 5.41) is 0. The van der Waals surface area contributed by atoms with Gasteiger partial charge in [0.1, 0.15) is 5.75 Å². The first-order chi connectivity index (χ1) is 9.81. The quantitative estimate of drug-likeness (QED) is 0.833. The molecule has 2 aromatic rings. The van der Waals surface area contributed by atoms with Crippen molar-refractivity contribution in [3.63, 3.8) is 0 Å². The van der Waals surface area contributed by atoms with Crippen LogP contribution in [-0.2, 0) is 4.74 Å². The monoisotopic (exact) mass is 333 g/mol. The van der Waals surface area contributed by atoms with E-state index >= 15 is 0 Å². The number of hydrogen-bond donors (Lipinski definition) is 0. The van der Waals surface area contributed by atoms with Crippen molar-refractivity contribution < 1.29 is 9.47 Å². The van der Waals surface area contributed by atoms with E-state index in [1.807, 2.05) is 36.4 Å². The molecule has 4 heteroatoms. The van der Waals surface area contributed by atoms with E-state index in [2.05, 4.69) is 20.9 Å². The van der Waals surface area contributed by atoms with Crippen molar-refractivity contribution in [3.05, 3.63) is 47.1 Å². The Bertz CT molecular complexity index is 548. The first kappa shape index (κ1) is 13.6. The lowest BCUT2D eigenvalue weighted by atomic mass is 10.1. The van der Waals surface area contributed by atoms with Crippen LogP contribution >= 0.6 is 15.9 Å². The van der Waals surface area contributed by atoms with Gasteiger partial charge in [-0.25, -0.2) is 0 Å². The molecule has 104 valence electrons. The molecule has 0 spiro atoms. The van der Waals surface area contributed by atoms with Crippen molar-refractivity contribution >= 4 is 15.9 Å². The molecular formula is C16H16BrNO2. The second-order valence-corrected chi connectivity index (χ2v) is 5.72. The van der Waals surface area contributed by atoms with Crippen LogP contribution in [0.25, 0.3) is 11.3 Å². The number of ether oxygens (including phenoxy) is 2. The molecular weight excluding hydrogens is 318 g/mol. The minimum absolute atomic E-state index is 0.0968. The Hall–Kier alpha value is -1.39. The second-order valence-electron chi connectivity index (χ2n) is 4.80. The van der Waals surface area contributed by atoms with Gasteiger partial charge in [0.15, 0.2) is 6.29 Å². The summed E-state index contributed by atoms with van der Waals surface area (Å²) >= 11 is 3.39. The molecule has 3 rings (SSSR count). The standard InChI is InChI=1S/C16H16BrNO2/c17-13-6-9-15(18-11-13)12-4-7-14(8-5-12)20-16-3-1-2-10-19-16/h4-9,11,16H,1-3,10H2. The molecule has 1 fully saturated rings. The molecule has 1 unspecified atom stereocenters. The summed E-state index contributed by atoms with van der Waals surface area (Å²) in [6.07, 6.45) is 4.98. The van der Waals surface area contributed by atoms with Gasteiger partial charge < -0.3 is 9.47 Å². The Balaban J connectivity index is 1.69. The van der Waals surface area contributed by atoms with Crippen LogP contribution in [0.5, 0.6) is 5.75 Å². The average molecular weight is 334 g/mol. The highest BCUT2D eigenvalue weighted by atomic mass is 79.9. The molecule has 3 nitrogen and oxygen atoms in total. The molecule has 1 aliphatic rings. The molecule has 1 aromatic carbocycles. The molecule has 1 atom stereocenters. The smallest absolute Gasteiger partial charge is 0.199 e. The molecule has 0 saturated carbocycles. The summed E-state index contributed by atoms with van der Waals surface area (Å²) in [7, 11) is 0. The van der Waals surface area contributed by atoms with Gasteiger partial charge in [-0.2, -0.15) is 0 Å². The maximum atomic E-state index is 5.82. The number of halogens is 1. The predicted octanol–water partition coefficient (Wildman–Crippen LogP) is 4.42. The van der Waals surface area contributed by atoms with Gasteiger partial charge in [-0.05, 0) is 65.2 Å². The fourth-order valence-corrected chi connectivity index (χ4v) is 2.44. The minimum atomic E-state index is -0.0968. The van der Waals surface area contributed by atoms with E-state index < -0.39 is 0 Å². The van der Waals surface area contributed by atoms with Crippen LogP contribution in [0.15, 0.2) is 47.1 Å². The highest BCUT2D eigenvalue weighted by molar-refractivity contribution is 9.10. The Morgan fingerprint density at radius 1 is 1.10 bits per heavy atom. The third-order valence-electron chi connectivity index (χ3n) is 3.28. The molecule has 0 N–H and O–H groups in total. The average Bonchev–Trinajstić information content (AvgIpc) is 2.50. The lowest BCUT2D eigenvalue weighted by molar-refractivity contribution is -0.105. The van der Waals surface area contributed by atoms with Gasteiger partial charge in [0, 0.05) is 22.7 Å². The van der Waals surface area contributed by atoms with Gasteiger partial charge in [-0.1, -0.05) is 0 Å². The summed E-state index contributed by atoms with van der Waals surface area (Å²) < 4.78 is 12.4. The summed E-state index contributed by atoms with van der Waals surface area (Å²) in [5.41, 5.74) is 2.03. The van der Waals surface area contributed by atoms with Gasteiger partial charge in [0.25, 0.3) is 0 Å². The first-order valence-corrected chi connectivity index (χ1v) is 7.61. The SMILES string of the molecule is Brc1ccc(-c2ccc(OC3CCCCO3)cc2)nc1. The predicted molar refractivity (Wildman–Crippen MR) is 81.6 cm³/mol. The maximum absolute atomic E-state index is 5.82. The molecule has 0 bridgehead atoms. The van der Waals surface area contributed by atoms with Gasteiger partial charge in [0.05, 0.1) is 12.3 Å². The number of aromatic nitrogens is 1. The van der Waals surface area contributed by atoms with Crippen LogP contribution in [0.2, 0.25) is 0 Å². The normalized spacial score (nSPS) is 18.8. The maximum Gasteiger partial charge on any atom is 0.199 e. The van der Waals surface area contributed by atoms with Crippen LogP contribution in [0.1, 0.15) is 19.3 Å². The van der Waals surface area contributed by atoms with E-state index in [9.17, 15) is 0 Å². The molecule has 1 aliphatic heterocycles. The van der Waals surface area contributed by atoms with Crippen molar-refractivity contribution in [2.75, 3.05) is 6.61 Å². The van der Waals surface area contributed by atoms with Crippen molar-refractivity contribution in [1.82, 2.24) is 4.98 Å².